The molecule has 20 heavy (non-hydrogen) atoms. The van der Waals surface area contributed by atoms with Crippen LogP contribution >= 0.6 is 0 Å². The van der Waals surface area contributed by atoms with Crippen molar-refractivity contribution in [2.75, 3.05) is 6.61 Å². The second-order valence-electron chi connectivity index (χ2n) is 6.22. The first kappa shape index (κ1) is 11.9. The van der Waals surface area contributed by atoms with Crippen LogP contribution in [0.2, 0.25) is 0 Å². The summed E-state index contributed by atoms with van der Waals surface area (Å²) in [6.07, 6.45) is 2.18. The predicted octanol–water partition coefficient (Wildman–Crippen LogP) is 2.79. The Labute approximate surface area is 117 Å². The Balaban J connectivity index is 1.91. The van der Waals surface area contributed by atoms with Crippen molar-refractivity contribution in [3.63, 3.8) is 0 Å². The van der Waals surface area contributed by atoms with Gasteiger partial charge in [0.25, 0.3) is 0 Å². The van der Waals surface area contributed by atoms with E-state index in [2.05, 4.69) is 13.0 Å². The van der Waals surface area contributed by atoms with Crippen molar-refractivity contribution >= 4 is 11.8 Å². The monoisotopic (exact) mass is 268 g/mol. The van der Waals surface area contributed by atoms with E-state index in [9.17, 15) is 9.59 Å². The summed E-state index contributed by atoms with van der Waals surface area (Å²) in [5.41, 5.74) is 3.87. The topological polar surface area (TPSA) is 43.4 Å². The molecule has 3 nitrogen and oxygen atoms in total. The van der Waals surface area contributed by atoms with Crippen molar-refractivity contribution in [3.8, 4) is 0 Å². The van der Waals surface area contributed by atoms with E-state index in [0.717, 1.165) is 35.1 Å². The maximum absolute atomic E-state index is 12.4. The summed E-state index contributed by atoms with van der Waals surface area (Å²) in [6.45, 7) is 2.61. The molecule has 0 fully saturated rings. The lowest BCUT2D eigenvalue weighted by Crippen LogP contribution is -2.43. The molecule has 1 heterocycles. The fourth-order valence-electron chi connectivity index (χ4n) is 4.16. The molecule has 1 aliphatic heterocycles. The van der Waals surface area contributed by atoms with Gasteiger partial charge in [-0.05, 0) is 24.0 Å². The number of carbonyl (C=O) groups is 2. The molecule has 0 spiro atoms. The summed E-state index contributed by atoms with van der Waals surface area (Å²) in [5, 5.41) is 0. The lowest BCUT2D eigenvalue weighted by molar-refractivity contribution is -0.136. The molecule has 0 bridgehead atoms. The smallest absolute Gasteiger partial charge is 0.334 e. The first-order chi connectivity index (χ1) is 9.61. The standard InChI is InChI=1S/C17H16O3/c1-17-7-6-10-12(9-20-16(10)19)14(17)8-15(18)11-4-2-3-5-13(11)17/h2-5,14H,6-9H2,1H3/t14-,17+/m0/s1. The number of hydrogen-bond acceptors (Lipinski definition) is 3. The van der Waals surface area contributed by atoms with Crippen LogP contribution in [0.4, 0.5) is 0 Å². The first-order valence-corrected chi connectivity index (χ1v) is 7.13. The summed E-state index contributed by atoms with van der Waals surface area (Å²) in [7, 11) is 0. The Bertz CT molecular complexity index is 671. The Kier molecular flexibility index (Phi) is 2.27. The minimum Gasteiger partial charge on any atom is -0.458 e. The highest BCUT2D eigenvalue weighted by molar-refractivity contribution is 6.00. The van der Waals surface area contributed by atoms with E-state index >= 15 is 0 Å². The molecule has 3 heteroatoms. The van der Waals surface area contributed by atoms with Crippen LogP contribution in [0.25, 0.3) is 0 Å². The van der Waals surface area contributed by atoms with Gasteiger partial charge in [-0.25, -0.2) is 4.79 Å². The van der Waals surface area contributed by atoms with Gasteiger partial charge in [0, 0.05) is 28.9 Å². The van der Waals surface area contributed by atoms with Crippen LogP contribution in [-0.4, -0.2) is 18.4 Å². The van der Waals surface area contributed by atoms with Gasteiger partial charge in [-0.1, -0.05) is 31.2 Å². The summed E-state index contributed by atoms with van der Waals surface area (Å²) in [4.78, 5) is 24.2. The van der Waals surface area contributed by atoms with Gasteiger partial charge >= 0.3 is 5.97 Å². The minimum absolute atomic E-state index is 0.0443. The van der Waals surface area contributed by atoms with Gasteiger partial charge in [-0.3, -0.25) is 4.79 Å². The number of ether oxygens (including phenoxy) is 1. The van der Waals surface area contributed by atoms with Crippen molar-refractivity contribution < 1.29 is 14.3 Å². The van der Waals surface area contributed by atoms with E-state index < -0.39 is 0 Å². The molecule has 3 aliphatic rings. The molecule has 0 saturated carbocycles. The van der Waals surface area contributed by atoms with Crippen LogP contribution < -0.4 is 0 Å². The fraction of sp³-hybridized carbons (Fsp3) is 0.412. The summed E-state index contributed by atoms with van der Waals surface area (Å²) < 4.78 is 5.19. The van der Waals surface area contributed by atoms with E-state index in [1.54, 1.807) is 0 Å². The molecule has 4 rings (SSSR count). The van der Waals surface area contributed by atoms with Crippen LogP contribution in [0.3, 0.4) is 0 Å². The fourth-order valence-corrected chi connectivity index (χ4v) is 4.16. The van der Waals surface area contributed by atoms with Crippen LogP contribution in [0.1, 0.15) is 42.1 Å². The van der Waals surface area contributed by atoms with E-state index in [-0.39, 0.29) is 23.1 Å². The number of hydrogen-bond donors (Lipinski definition) is 0. The third-order valence-electron chi connectivity index (χ3n) is 5.31. The van der Waals surface area contributed by atoms with Gasteiger partial charge in [-0.15, -0.1) is 0 Å². The molecule has 1 aromatic carbocycles. The van der Waals surface area contributed by atoms with Gasteiger partial charge in [0.15, 0.2) is 5.78 Å². The normalized spacial score (nSPS) is 31.6. The molecule has 0 aromatic heterocycles. The number of ketones is 1. The Hall–Kier alpha value is -1.90. The third kappa shape index (κ3) is 1.35. The second kappa shape index (κ2) is 3.81. The van der Waals surface area contributed by atoms with E-state index in [0.29, 0.717) is 13.0 Å². The van der Waals surface area contributed by atoms with E-state index in [4.69, 9.17) is 4.74 Å². The molecule has 1 aromatic rings. The zero-order chi connectivity index (χ0) is 13.9. The highest BCUT2D eigenvalue weighted by atomic mass is 16.5. The highest BCUT2D eigenvalue weighted by Gasteiger charge is 2.50. The number of benzene rings is 1. The number of carbonyl (C=O) groups excluding carboxylic acids is 2. The number of rotatable bonds is 0. The number of fused-ring (bicyclic) bond motifs is 4. The Morgan fingerprint density at radius 2 is 2.05 bits per heavy atom. The zero-order valence-corrected chi connectivity index (χ0v) is 11.4. The van der Waals surface area contributed by atoms with Gasteiger partial charge in [-0.2, -0.15) is 0 Å². The summed E-state index contributed by atoms with van der Waals surface area (Å²) in [6, 6.07) is 7.93. The van der Waals surface area contributed by atoms with Gasteiger partial charge in [0.2, 0.25) is 0 Å². The minimum atomic E-state index is -0.173. The molecule has 0 amide bonds. The second-order valence-corrected chi connectivity index (χ2v) is 6.22. The maximum atomic E-state index is 12.4. The molecule has 0 N–H and O–H groups in total. The van der Waals surface area contributed by atoms with Crippen LogP contribution in [-0.2, 0) is 14.9 Å². The molecule has 2 atom stereocenters. The lowest BCUT2D eigenvalue weighted by atomic mass is 9.57. The zero-order valence-electron chi connectivity index (χ0n) is 11.4. The van der Waals surface area contributed by atoms with Crippen LogP contribution in [0.15, 0.2) is 35.4 Å². The Morgan fingerprint density at radius 1 is 1.25 bits per heavy atom. The van der Waals surface area contributed by atoms with Crippen LogP contribution in [0.5, 0.6) is 0 Å². The molecule has 0 radical (unpaired) electrons. The maximum Gasteiger partial charge on any atom is 0.334 e. The van der Waals surface area contributed by atoms with Gasteiger partial charge in [0.05, 0.1) is 0 Å². The number of cyclic esters (lactones) is 1. The molecular formula is C17H16O3. The van der Waals surface area contributed by atoms with E-state index in [1.165, 1.54) is 0 Å². The highest BCUT2D eigenvalue weighted by Crippen LogP contribution is 2.53. The first-order valence-electron chi connectivity index (χ1n) is 7.13. The molecule has 0 unspecified atom stereocenters. The molecule has 2 aliphatic carbocycles. The molecule has 102 valence electrons. The third-order valence-corrected chi connectivity index (χ3v) is 5.31. The van der Waals surface area contributed by atoms with Crippen molar-refractivity contribution in [1.29, 1.82) is 0 Å². The average molecular weight is 268 g/mol. The number of esters is 1. The van der Waals surface area contributed by atoms with Crippen molar-refractivity contribution in [1.82, 2.24) is 0 Å². The predicted molar refractivity (Wildman–Crippen MR) is 73.5 cm³/mol. The summed E-state index contributed by atoms with van der Waals surface area (Å²) in [5.74, 6) is 0.143. The van der Waals surface area contributed by atoms with Crippen molar-refractivity contribution in [3.05, 3.63) is 46.5 Å². The molecular weight excluding hydrogens is 252 g/mol. The quantitative estimate of drug-likeness (QED) is 0.679. The van der Waals surface area contributed by atoms with E-state index in [1.807, 2.05) is 18.2 Å². The Morgan fingerprint density at radius 3 is 2.90 bits per heavy atom. The average Bonchev–Trinajstić information content (AvgIpc) is 2.83. The largest absolute Gasteiger partial charge is 0.458 e. The van der Waals surface area contributed by atoms with Crippen LogP contribution in [0, 0.1) is 5.92 Å². The number of Topliss-reactive ketones (excluding diaryl/α,β-unsaturated/α-hetero) is 1. The molecule has 0 saturated heterocycles. The van der Waals surface area contributed by atoms with Gasteiger partial charge in [0.1, 0.15) is 6.61 Å². The van der Waals surface area contributed by atoms with Crippen molar-refractivity contribution in [2.24, 2.45) is 5.92 Å². The summed E-state index contributed by atoms with van der Waals surface area (Å²) >= 11 is 0. The van der Waals surface area contributed by atoms with Crippen molar-refractivity contribution in [2.45, 2.75) is 31.6 Å². The SMILES string of the molecule is C[C@]12CCC3=C(COC3=O)[C@@H]1CC(=O)c1ccccc12. The van der Waals surface area contributed by atoms with Gasteiger partial charge < -0.3 is 4.74 Å². The lowest BCUT2D eigenvalue weighted by Gasteiger charge is -2.45.